The van der Waals surface area contributed by atoms with Crippen LogP contribution in [0.25, 0.3) is 0 Å². The summed E-state index contributed by atoms with van der Waals surface area (Å²) in [6.45, 7) is 7.90. The van der Waals surface area contributed by atoms with Crippen molar-refractivity contribution in [2.24, 2.45) is 5.10 Å². The fraction of sp³-hybridized carbons (Fsp3) is 0.417. The predicted octanol–water partition coefficient (Wildman–Crippen LogP) is 3.13. The normalized spacial score (nSPS) is 11.7. The number of nitro groups is 1. The molecule has 0 aliphatic carbocycles. The average Bonchev–Trinajstić information content (AvgIpc) is 2.25. The number of rotatable bonds is 3. The zero-order valence-electron chi connectivity index (χ0n) is 10.9. The van der Waals surface area contributed by atoms with Crippen molar-refractivity contribution in [3.05, 3.63) is 39.9 Å². The summed E-state index contributed by atoms with van der Waals surface area (Å²) in [5.41, 5.74) is 4.67. The van der Waals surface area contributed by atoms with E-state index in [0.29, 0.717) is 0 Å². The summed E-state index contributed by atoms with van der Waals surface area (Å²) < 4.78 is 0. The van der Waals surface area contributed by atoms with Gasteiger partial charge < -0.3 is 5.43 Å². The van der Waals surface area contributed by atoms with Crippen LogP contribution in [-0.2, 0) is 0 Å². The van der Waals surface area contributed by atoms with Crippen LogP contribution in [0, 0.1) is 10.1 Å². The summed E-state index contributed by atoms with van der Waals surface area (Å²) >= 11 is 0. The maximum atomic E-state index is 10.5. The van der Waals surface area contributed by atoms with Gasteiger partial charge in [-0.15, -0.1) is 12.4 Å². The van der Waals surface area contributed by atoms with Crippen molar-refractivity contribution < 1.29 is 4.92 Å². The molecule has 0 bridgehead atoms. The van der Waals surface area contributed by atoms with Gasteiger partial charge in [0.05, 0.1) is 10.6 Å². The standard InChI is InChI=1S/C12H17N3O2.ClH/c1-9(13-14-12(2,3)4)10-5-7-11(8-6-10)15(16)17;/h5-8,14H,1-4H3;1H/b13-9+;. The van der Waals surface area contributed by atoms with Crippen LogP contribution < -0.4 is 5.43 Å². The first kappa shape index (κ1) is 16.4. The molecule has 0 aliphatic rings. The molecular formula is C12H18ClN3O2. The van der Waals surface area contributed by atoms with Gasteiger partial charge in [0.25, 0.3) is 5.69 Å². The van der Waals surface area contributed by atoms with Gasteiger partial charge in [0.1, 0.15) is 0 Å². The van der Waals surface area contributed by atoms with Gasteiger partial charge in [-0.3, -0.25) is 10.1 Å². The molecule has 0 amide bonds. The molecule has 0 aliphatic heterocycles. The van der Waals surface area contributed by atoms with E-state index in [1.54, 1.807) is 12.1 Å². The quantitative estimate of drug-likeness (QED) is 0.522. The Morgan fingerprint density at radius 3 is 2.17 bits per heavy atom. The second-order valence-electron chi connectivity index (χ2n) is 4.86. The van der Waals surface area contributed by atoms with Gasteiger partial charge in [0.2, 0.25) is 0 Å². The van der Waals surface area contributed by atoms with E-state index in [-0.39, 0.29) is 23.6 Å². The highest BCUT2D eigenvalue weighted by Crippen LogP contribution is 2.12. The minimum absolute atomic E-state index is 0. The van der Waals surface area contributed by atoms with Crippen LogP contribution in [-0.4, -0.2) is 16.2 Å². The lowest BCUT2D eigenvalue weighted by Gasteiger charge is -2.18. The SMILES string of the molecule is C/C(=N\NC(C)(C)C)c1ccc([N+](=O)[O-])cc1.Cl. The molecule has 0 radical (unpaired) electrons. The van der Waals surface area contributed by atoms with Crippen molar-refractivity contribution in [1.29, 1.82) is 0 Å². The molecule has 100 valence electrons. The van der Waals surface area contributed by atoms with Crippen molar-refractivity contribution in [3.63, 3.8) is 0 Å². The number of halogens is 1. The molecule has 1 rings (SSSR count). The molecule has 0 aromatic heterocycles. The largest absolute Gasteiger partial charge is 0.305 e. The number of hydrogen-bond acceptors (Lipinski definition) is 4. The van der Waals surface area contributed by atoms with Crippen LogP contribution in [0.2, 0.25) is 0 Å². The van der Waals surface area contributed by atoms with Crippen molar-refractivity contribution in [2.45, 2.75) is 33.2 Å². The highest BCUT2D eigenvalue weighted by molar-refractivity contribution is 5.98. The van der Waals surface area contributed by atoms with Crippen LogP contribution in [0.1, 0.15) is 33.3 Å². The zero-order chi connectivity index (χ0) is 13.1. The molecule has 0 spiro atoms. The van der Waals surface area contributed by atoms with E-state index in [9.17, 15) is 10.1 Å². The summed E-state index contributed by atoms with van der Waals surface area (Å²) in [5, 5.41) is 14.7. The van der Waals surface area contributed by atoms with Gasteiger partial charge in [-0.2, -0.15) is 5.10 Å². The minimum atomic E-state index is -0.413. The van der Waals surface area contributed by atoms with E-state index in [2.05, 4.69) is 10.5 Å². The summed E-state index contributed by atoms with van der Waals surface area (Å²) in [6, 6.07) is 6.35. The first-order valence-corrected chi connectivity index (χ1v) is 5.36. The summed E-state index contributed by atoms with van der Waals surface area (Å²) in [4.78, 5) is 10.1. The third-order valence-electron chi connectivity index (χ3n) is 2.05. The van der Waals surface area contributed by atoms with E-state index < -0.39 is 4.92 Å². The Bertz CT molecular complexity index is 436. The summed E-state index contributed by atoms with van der Waals surface area (Å²) in [7, 11) is 0. The van der Waals surface area contributed by atoms with E-state index >= 15 is 0 Å². The number of nitro benzene ring substituents is 1. The Balaban J connectivity index is 0.00000289. The highest BCUT2D eigenvalue weighted by Gasteiger charge is 2.08. The fourth-order valence-electron chi connectivity index (χ4n) is 1.14. The third-order valence-corrected chi connectivity index (χ3v) is 2.05. The van der Waals surface area contributed by atoms with Gasteiger partial charge in [-0.25, -0.2) is 0 Å². The molecule has 0 heterocycles. The third kappa shape index (κ3) is 5.14. The molecule has 1 aromatic rings. The van der Waals surface area contributed by atoms with Crippen molar-refractivity contribution in [2.75, 3.05) is 0 Å². The van der Waals surface area contributed by atoms with Crippen molar-refractivity contribution in [3.8, 4) is 0 Å². The molecule has 0 atom stereocenters. The van der Waals surface area contributed by atoms with Gasteiger partial charge >= 0.3 is 0 Å². The van der Waals surface area contributed by atoms with Crippen molar-refractivity contribution >= 4 is 23.8 Å². The minimum Gasteiger partial charge on any atom is -0.305 e. The molecule has 0 saturated carbocycles. The molecule has 0 fully saturated rings. The maximum absolute atomic E-state index is 10.5. The molecule has 1 N–H and O–H groups in total. The van der Waals surface area contributed by atoms with Gasteiger partial charge in [0, 0.05) is 17.7 Å². The van der Waals surface area contributed by atoms with Gasteiger partial charge in [0.15, 0.2) is 0 Å². The van der Waals surface area contributed by atoms with Crippen LogP contribution in [0.5, 0.6) is 0 Å². The van der Waals surface area contributed by atoms with Crippen LogP contribution >= 0.6 is 12.4 Å². The number of hydrogen-bond donors (Lipinski definition) is 1. The fourth-order valence-corrected chi connectivity index (χ4v) is 1.14. The molecular weight excluding hydrogens is 254 g/mol. The highest BCUT2D eigenvalue weighted by atomic mass is 35.5. The predicted molar refractivity (Wildman–Crippen MR) is 75.4 cm³/mol. The first-order chi connectivity index (χ1) is 7.79. The lowest BCUT2D eigenvalue weighted by atomic mass is 10.1. The zero-order valence-corrected chi connectivity index (χ0v) is 11.7. The van der Waals surface area contributed by atoms with Crippen molar-refractivity contribution in [1.82, 2.24) is 5.43 Å². The van der Waals surface area contributed by atoms with E-state index in [0.717, 1.165) is 11.3 Å². The number of benzene rings is 1. The van der Waals surface area contributed by atoms with Crippen LogP contribution in [0.15, 0.2) is 29.4 Å². The first-order valence-electron chi connectivity index (χ1n) is 5.36. The topological polar surface area (TPSA) is 67.5 Å². The Labute approximate surface area is 113 Å². The number of nitrogens with zero attached hydrogens (tertiary/aromatic N) is 2. The Morgan fingerprint density at radius 2 is 1.78 bits per heavy atom. The second kappa shape index (κ2) is 6.35. The smallest absolute Gasteiger partial charge is 0.269 e. The molecule has 6 heteroatoms. The number of hydrazone groups is 1. The Kier molecular flexibility index (Phi) is 5.78. The maximum Gasteiger partial charge on any atom is 0.269 e. The summed E-state index contributed by atoms with van der Waals surface area (Å²) in [5.74, 6) is 0. The molecule has 0 unspecified atom stereocenters. The molecule has 1 aromatic carbocycles. The second-order valence-corrected chi connectivity index (χ2v) is 4.86. The molecule has 18 heavy (non-hydrogen) atoms. The van der Waals surface area contributed by atoms with E-state index in [4.69, 9.17) is 0 Å². The van der Waals surface area contributed by atoms with Gasteiger partial charge in [-0.1, -0.05) is 0 Å². The van der Waals surface area contributed by atoms with E-state index in [1.807, 2.05) is 27.7 Å². The average molecular weight is 272 g/mol. The number of non-ortho nitro benzene ring substituents is 1. The van der Waals surface area contributed by atoms with Crippen LogP contribution in [0.4, 0.5) is 5.69 Å². The lowest BCUT2D eigenvalue weighted by molar-refractivity contribution is -0.384. The van der Waals surface area contributed by atoms with Gasteiger partial charge in [-0.05, 0) is 45.4 Å². The molecule has 5 nitrogen and oxygen atoms in total. The van der Waals surface area contributed by atoms with E-state index in [1.165, 1.54) is 12.1 Å². The summed E-state index contributed by atoms with van der Waals surface area (Å²) in [6.07, 6.45) is 0. The number of nitrogens with one attached hydrogen (secondary N) is 1. The molecule has 0 saturated heterocycles. The Morgan fingerprint density at radius 1 is 1.28 bits per heavy atom. The van der Waals surface area contributed by atoms with Crippen LogP contribution in [0.3, 0.4) is 0 Å². The monoisotopic (exact) mass is 271 g/mol. The Hall–Kier alpha value is -1.62. The lowest BCUT2D eigenvalue weighted by Crippen LogP contribution is -2.32.